The summed E-state index contributed by atoms with van der Waals surface area (Å²) in [6.45, 7) is 0. The lowest BCUT2D eigenvalue weighted by atomic mass is 10.2. The standard InChI is InChI=1S/C7H9N3O.ClH/c8-7(11)4-6-2-1-3-9-10-5-6;/h1-3,5,10H,4H2,(H2,8,11);1H. The number of nitrogens with one attached hydrogen (secondary N) is 1. The molecule has 0 spiro atoms. The number of carbonyl (C=O) groups excluding carboxylic acids is 1. The highest BCUT2D eigenvalue weighted by Crippen LogP contribution is 2.01. The van der Waals surface area contributed by atoms with Gasteiger partial charge in [0.25, 0.3) is 0 Å². The van der Waals surface area contributed by atoms with Gasteiger partial charge in [0, 0.05) is 12.4 Å². The Morgan fingerprint density at radius 3 is 3.08 bits per heavy atom. The average molecular weight is 188 g/mol. The van der Waals surface area contributed by atoms with Crippen molar-refractivity contribution in [3.63, 3.8) is 0 Å². The molecule has 0 radical (unpaired) electrons. The third-order valence-electron chi connectivity index (χ3n) is 1.17. The molecule has 0 aliphatic carbocycles. The largest absolute Gasteiger partial charge is 0.369 e. The summed E-state index contributed by atoms with van der Waals surface area (Å²) in [7, 11) is 0. The van der Waals surface area contributed by atoms with Gasteiger partial charge >= 0.3 is 0 Å². The van der Waals surface area contributed by atoms with Crippen molar-refractivity contribution in [3.8, 4) is 0 Å². The van der Waals surface area contributed by atoms with E-state index < -0.39 is 0 Å². The molecule has 5 heteroatoms. The minimum absolute atomic E-state index is 0. The number of hydrogen-bond acceptors (Lipinski definition) is 3. The van der Waals surface area contributed by atoms with Crippen LogP contribution in [-0.2, 0) is 4.79 Å². The van der Waals surface area contributed by atoms with Crippen molar-refractivity contribution in [3.05, 3.63) is 23.9 Å². The van der Waals surface area contributed by atoms with E-state index in [0.29, 0.717) is 0 Å². The lowest BCUT2D eigenvalue weighted by Crippen LogP contribution is -2.11. The zero-order valence-electron chi connectivity index (χ0n) is 6.36. The van der Waals surface area contributed by atoms with Gasteiger partial charge in [0.05, 0.1) is 6.42 Å². The zero-order chi connectivity index (χ0) is 8.10. The molecule has 0 saturated heterocycles. The highest BCUT2D eigenvalue weighted by molar-refractivity contribution is 5.85. The number of nitrogens with zero attached hydrogens (tertiary/aromatic N) is 1. The van der Waals surface area contributed by atoms with Gasteiger partial charge in [-0.05, 0) is 11.6 Å². The van der Waals surface area contributed by atoms with Crippen LogP contribution in [0, 0.1) is 0 Å². The number of primary amides is 1. The molecule has 1 rings (SSSR count). The molecule has 4 nitrogen and oxygen atoms in total. The van der Waals surface area contributed by atoms with Gasteiger partial charge in [-0.25, -0.2) is 0 Å². The van der Waals surface area contributed by atoms with E-state index in [0.717, 1.165) is 5.57 Å². The molecule has 0 bridgehead atoms. The van der Waals surface area contributed by atoms with E-state index in [2.05, 4.69) is 10.5 Å². The van der Waals surface area contributed by atoms with Crippen molar-refractivity contribution in [2.45, 2.75) is 6.42 Å². The Labute approximate surface area is 76.6 Å². The van der Waals surface area contributed by atoms with Crippen LogP contribution in [-0.4, -0.2) is 12.1 Å². The Morgan fingerprint density at radius 1 is 1.67 bits per heavy atom. The van der Waals surface area contributed by atoms with E-state index in [1.54, 1.807) is 24.6 Å². The van der Waals surface area contributed by atoms with E-state index in [1.807, 2.05) is 0 Å². The third kappa shape index (κ3) is 3.78. The van der Waals surface area contributed by atoms with Crippen LogP contribution in [0.4, 0.5) is 0 Å². The minimum Gasteiger partial charge on any atom is -0.369 e. The smallest absolute Gasteiger partial charge is 0.221 e. The van der Waals surface area contributed by atoms with Crippen LogP contribution in [0.2, 0.25) is 0 Å². The Morgan fingerprint density at radius 2 is 2.42 bits per heavy atom. The maximum Gasteiger partial charge on any atom is 0.221 e. The van der Waals surface area contributed by atoms with Crippen molar-refractivity contribution in [1.29, 1.82) is 0 Å². The van der Waals surface area contributed by atoms with Crippen molar-refractivity contribution in [2.75, 3.05) is 0 Å². The summed E-state index contributed by atoms with van der Waals surface area (Å²) in [6, 6.07) is 0. The summed E-state index contributed by atoms with van der Waals surface area (Å²) in [4.78, 5) is 10.5. The number of allylic oxidation sites excluding steroid dienone is 2. The Balaban J connectivity index is 0.00000121. The maximum atomic E-state index is 10.5. The van der Waals surface area contributed by atoms with Crippen LogP contribution >= 0.6 is 12.4 Å². The average Bonchev–Trinajstić information content (AvgIpc) is 2.14. The number of hydrazone groups is 1. The first-order valence-corrected chi connectivity index (χ1v) is 3.21. The minimum atomic E-state index is -0.343. The van der Waals surface area contributed by atoms with Gasteiger partial charge in [-0.15, -0.1) is 12.4 Å². The van der Waals surface area contributed by atoms with Crippen molar-refractivity contribution < 1.29 is 4.79 Å². The summed E-state index contributed by atoms with van der Waals surface area (Å²) >= 11 is 0. The van der Waals surface area contributed by atoms with Gasteiger partial charge in [0.1, 0.15) is 0 Å². The summed E-state index contributed by atoms with van der Waals surface area (Å²) in [5.74, 6) is -0.343. The van der Waals surface area contributed by atoms with Gasteiger partial charge in [-0.1, -0.05) is 6.08 Å². The highest BCUT2D eigenvalue weighted by atomic mass is 35.5. The molecule has 1 aliphatic rings. The van der Waals surface area contributed by atoms with E-state index in [9.17, 15) is 4.79 Å². The first kappa shape index (κ1) is 10.7. The molecule has 3 N–H and O–H groups in total. The van der Waals surface area contributed by atoms with E-state index >= 15 is 0 Å². The molecule has 12 heavy (non-hydrogen) atoms. The van der Waals surface area contributed by atoms with Gasteiger partial charge in [-0.3, -0.25) is 10.2 Å². The summed E-state index contributed by atoms with van der Waals surface area (Å²) in [5, 5.41) is 3.74. The van der Waals surface area contributed by atoms with Gasteiger partial charge in [0.2, 0.25) is 5.91 Å². The molecule has 66 valence electrons. The Hall–Kier alpha value is -1.29. The normalized spacial score (nSPS) is 13.8. The van der Waals surface area contributed by atoms with Crippen molar-refractivity contribution in [1.82, 2.24) is 5.43 Å². The topological polar surface area (TPSA) is 67.5 Å². The second-order valence-electron chi connectivity index (χ2n) is 2.13. The molecular formula is C7H10ClN3O. The van der Waals surface area contributed by atoms with Gasteiger partial charge in [0.15, 0.2) is 0 Å². The molecule has 0 saturated carbocycles. The van der Waals surface area contributed by atoms with Crippen LogP contribution < -0.4 is 11.2 Å². The third-order valence-corrected chi connectivity index (χ3v) is 1.17. The summed E-state index contributed by atoms with van der Waals surface area (Å²) < 4.78 is 0. The number of amides is 1. The lowest BCUT2D eigenvalue weighted by molar-refractivity contribution is -0.117. The molecule has 0 aromatic rings. The van der Waals surface area contributed by atoms with Crippen LogP contribution in [0.15, 0.2) is 29.0 Å². The first-order valence-electron chi connectivity index (χ1n) is 3.21. The second-order valence-corrected chi connectivity index (χ2v) is 2.13. The van der Waals surface area contributed by atoms with Crippen LogP contribution in [0.3, 0.4) is 0 Å². The first-order chi connectivity index (χ1) is 5.29. The van der Waals surface area contributed by atoms with Gasteiger partial charge in [-0.2, -0.15) is 5.10 Å². The summed E-state index contributed by atoms with van der Waals surface area (Å²) in [5.41, 5.74) is 8.46. The molecule has 0 atom stereocenters. The lowest BCUT2D eigenvalue weighted by Gasteiger charge is -1.95. The van der Waals surface area contributed by atoms with E-state index in [-0.39, 0.29) is 24.7 Å². The molecule has 0 aromatic carbocycles. The number of halogens is 1. The zero-order valence-corrected chi connectivity index (χ0v) is 7.17. The Bertz CT molecular complexity index is 245. The molecule has 1 aliphatic heterocycles. The number of hydrogen-bond donors (Lipinski definition) is 2. The van der Waals surface area contributed by atoms with Gasteiger partial charge < -0.3 is 5.73 Å². The number of nitrogens with two attached hydrogens (primary N) is 1. The molecule has 0 unspecified atom stereocenters. The Kier molecular flexibility index (Phi) is 4.79. The molecule has 1 heterocycles. The van der Waals surface area contributed by atoms with Crippen LogP contribution in [0.25, 0.3) is 0 Å². The predicted molar refractivity (Wildman–Crippen MR) is 49.9 cm³/mol. The molecular weight excluding hydrogens is 178 g/mol. The monoisotopic (exact) mass is 187 g/mol. The molecule has 1 amide bonds. The quantitative estimate of drug-likeness (QED) is 0.654. The van der Waals surface area contributed by atoms with Crippen LogP contribution in [0.5, 0.6) is 0 Å². The summed E-state index contributed by atoms with van der Waals surface area (Å²) in [6.07, 6.45) is 7.02. The van der Waals surface area contributed by atoms with E-state index in [4.69, 9.17) is 5.73 Å². The fourth-order valence-electron chi connectivity index (χ4n) is 0.732. The molecule has 0 fully saturated rings. The second kappa shape index (κ2) is 5.37. The fourth-order valence-corrected chi connectivity index (χ4v) is 0.732. The predicted octanol–water partition coefficient (Wildman–Crippen LogP) is 0.313. The molecule has 0 aromatic heterocycles. The number of carbonyl (C=O) groups is 1. The SMILES string of the molecule is Cl.NC(=O)CC1=CNN=CC=C1. The maximum absolute atomic E-state index is 10.5. The highest BCUT2D eigenvalue weighted by Gasteiger charge is 1.98. The van der Waals surface area contributed by atoms with Crippen molar-refractivity contribution in [2.24, 2.45) is 10.8 Å². The fraction of sp³-hybridized carbons (Fsp3) is 0.143. The van der Waals surface area contributed by atoms with Crippen molar-refractivity contribution >= 4 is 24.5 Å². The number of rotatable bonds is 2. The van der Waals surface area contributed by atoms with E-state index in [1.165, 1.54) is 0 Å². The van der Waals surface area contributed by atoms with Crippen LogP contribution in [0.1, 0.15) is 6.42 Å².